The van der Waals surface area contributed by atoms with Crippen LogP contribution in [-0.4, -0.2) is 38.7 Å². The highest BCUT2D eigenvalue weighted by molar-refractivity contribution is 6.31. The zero-order valence-electron chi connectivity index (χ0n) is 18.0. The second kappa shape index (κ2) is 9.09. The van der Waals surface area contributed by atoms with Crippen LogP contribution < -0.4 is 14.2 Å². The monoisotopic (exact) mass is 455 g/mol. The third-order valence-electron chi connectivity index (χ3n) is 5.72. The lowest BCUT2D eigenvalue weighted by molar-refractivity contribution is 0.0691. The van der Waals surface area contributed by atoms with E-state index in [0.717, 1.165) is 11.1 Å². The van der Waals surface area contributed by atoms with Gasteiger partial charge >= 0.3 is 0 Å². The van der Waals surface area contributed by atoms with E-state index in [2.05, 4.69) is 0 Å². The summed E-state index contributed by atoms with van der Waals surface area (Å²) < 4.78 is 31.3. The Morgan fingerprint density at radius 2 is 1.72 bits per heavy atom. The molecule has 4 rings (SSSR count). The van der Waals surface area contributed by atoms with Gasteiger partial charge in [0.25, 0.3) is 5.91 Å². The van der Waals surface area contributed by atoms with Gasteiger partial charge in [-0.25, -0.2) is 4.39 Å². The van der Waals surface area contributed by atoms with E-state index < -0.39 is 11.9 Å². The molecule has 166 valence electrons. The smallest absolute Gasteiger partial charge is 0.254 e. The Labute approximate surface area is 191 Å². The normalized spacial score (nSPS) is 15.2. The largest absolute Gasteiger partial charge is 0.497 e. The molecule has 1 unspecified atom stereocenters. The number of carbonyl (C=O) groups excluding carboxylic acids is 1. The average molecular weight is 456 g/mol. The van der Waals surface area contributed by atoms with Gasteiger partial charge in [0.05, 0.1) is 27.4 Å². The van der Waals surface area contributed by atoms with Crippen LogP contribution in [0.4, 0.5) is 4.39 Å². The van der Waals surface area contributed by atoms with Crippen LogP contribution >= 0.6 is 11.6 Å². The number of fused-ring (bicyclic) bond motifs is 1. The maximum Gasteiger partial charge on any atom is 0.254 e. The van der Waals surface area contributed by atoms with Gasteiger partial charge in [-0.05, 0) is 60.0 Å². The highest BCUT2D eigenvalue weighted by Gasteiger charge is 2.36. The van der Waals surface area contributed by atoms with Crippen molar-refractivity contribution < 1.29 is 23.4 Å². The predicted molar refractivity (Wildman–Crippen MR) is 121 cm³/mol. The minimum absolute atomic E-state index is 0.242. The maximum absolute atomic E-state index is 15.1. The first-order valence-electron chi connectivity index (χ1n) is 10.1. The topological polar surface area (TPSA) is 48.0 Å². The van der Waals surface area contributed by atoms with Crippen LogP contribution in [0, 0.1) is 5.82 Å². The maximum atomic E-state index is 15.1. The third-order valence-corrected chi connectivity index (χ3v) is 6.05. The van der Waals surface area contributed by atoms with Crippen molar-refractivity contribution in [1.29, 1.82) is 0 Å². The molecule has 0 fully saturated rings. The number of hydrogen-bond acceptors (Lipinski definition) is 4. The van der Waals surface area contributed by atoms with Gasteiger partial charge in [0.1, 0.15) is 11.6 Å². The van der Waals surface area contributed by atoms with Crippen LogP contribution in [0.5, 0.6) is 17.2 Å². The van der Waals surface area contributed by atoms with Crippen molar-refractivity contribution in [3.63, 3.8) is 0 Å². The van der Waals surface area contributed by atoms with Gasteiger partial charge in [-0.2, -0.15) is 0 Å². The molecule has 1 aliphatic rings. The predicted octanol–water partition coefficient (Wildman–Crippen LogP) is 5.29. The molecular formula is C25H23ClFNO4. The average Bonchev–Trinajstić information content (AvgIpc) is 2.82. The number of amides is 1. The molecule has 1 aliphatic heterocycles. The van der Waals surface area contributed by atoms with E-state index in [-0.39, 0.29) is 16.5 Å². The van der Waals surface area contributed by atoms with E-state index in [1.807, 2.05) is 6.07 Å². The van der Waals surface area contributed by atoms with Crippen LogP contribution in [0.1, 0.15) is 33.1 Å². The number of methoxy groups -OCH3 is 3. The molecule has 0 saturated heterocycles. The molecule has 0 bridgehead atoms. The summed E-state index contributed by atoms with van der Waals surface area (Å²) in [6, 6.07) is 14.4. The highest BCUT2D eigenvalue weighted by Crippen LogP contribution is 2.44. The molecule has 0 aromatic heterocycles. The quantitative estimate of drug-likeness (QED) is 0.524. The molecule has 0 aliphatic carbocycles. The van der Waals surface area contributed by atoms with Gasteiger partial charge in [-0.1, -0.05) is 23.7 Å². The molecule has 0 saturated carbocycles. The van der Waals surface area contributed by atoms with Crippen molar-refractivity contribution in [2.75, 3.05) is 27.9 Å². The molecule has 7 heteroatoms. The summed E-state index contributed by atoms with van der Waals surface area (Å²) in [5, 5.41) is 0.251. The van der Waals surface area contributed by atoms with Gasteiger partial charge < -0.3 is 19.1 Å². The van der Waals surface area contributed by atoms with Crippen LogP contribution in [0.15, 0.2) is 54.6 Å². The zero-order valence-corrected chi connectivity index (χ0v) is 18.8. The lowest BCUT2D eigenvalue weighted by Gasteiger charge is -2.38. The summed E-state index contributed by atoms with van der Waals surface area (Å²) in [5.74, 6) is 0.930. The second-order valence-electron chi connectivity index (χ2n) is 7.42. The van der Waals surface area contributed by atoms with Gasteiger partial charge in [-0.3, -0.25) is 4.79 Å². The SMILES string of the molecule is COc1cccc(C(=O)N2CCc3cc(OC)c(OC)cc3C2c2c(F)cccc2Cl)c1. The summed E-state index contributed by atoms with van der Waals surface area (Å²) in [4.78, 5) is 15.3. The van der Waals surface area contributed by atoms with Crippen molar-refractivity contribution in [2.45, 2.75) is 12.5 Å². The minimum Gasteiger partial charge on any atom is -0.497 e. The molecule has 1 heterocycles. The standard InChI is InChI=1S/C25H23ClFNO4/c1-30-17-7-4-6-16(12-17)25(29)28-11-10-15-13-21(31-2)22(32-3)14-18(15)24(28)23-19(26)8-5-9-20(23)27/h4-9,12-14,24H,10-11H2,1-3H3. The van der Waals surface area contributed by atoms with Gasteiger partial charge in [0, 0.05) is 22.7 Å². The van der Waals surface area contributed by atoms with E-state index in [4.69, 9.17) is 25.8 Å². The molecule has 32 heavy (non-hydrogen) atoms. The number of benzene rings is 3. The van der Waals surface area contributed by atoms with Gasteiger partial charge in [-0.15, -0.1) is 0 Å². The Kier molecular flexibility index (Phi) is 6.24. The molecule has 0 spiro atoms. The summed E-state index contributed by atoms with van der Waals surface area (Å²) in [6.07, 6.45) is 0.577. The van der Waals surface area contributed by atoms with Crippen molar-refractivity contribution in [1.82, 2.24) is 4.90 Å². The molecular weight excluding hydrogens is 433 g/mol. The first-order valence-corrected chi connectivity index (χ1v) is 10.5. The van der Waals surface area contributed by atoms with Crippen LogP contribution in [0.2, 0.25) is 5.02 Å². The van der Waals surface area contributed by atoms with Crippen molar-refractivity contribution in [3.8, 4) is 17.2 Å². The van der Waals surface area contributed by atoms with E-state index in [1.165, 1.54) is 13.2 Å². The number of rotatable bonds is 5. The number of carbonyl (C=O) groups is 1. The zero-order chi connectivity index (χ0) is 22.8. The van der Waals surface area contributed by atoms with Gasteiger partial charge in [0.15, 0.2) is 11.5 Å². The fraction of sp³-hybridized carbons (Fsp3) is 0.240. The molecule has 1 atom stereocenters. The lowest BCUT2D eigenvalue weighted by Crippen LogP contribution is -2.41. The third kappa shape index (κ3) is 3.86. The summed E-state index contributed by atoms with van der Waals surface area (Å²) in [5.41, 5.74) is 2.39. The first-order chi connectivity index (χ1) is 15.5. The fourth-order valence-corrected chi connectivity index (χ4v) is 4.44. The number of nitrogens with zero attached hydrogens (tertiary/aromatic N) is 1. The highest BCUT2D eigenvalue weighted by atomic mass is 35.5. The number of ether oxygens (including phenoxy) is 3. The Balaban J connectivity index is 1.90. The summed E-state index contributed by atoms with van der Waals surface area (Å²) in [6.45, 7) is 0.383. The Morgan fingerprint density at radius 1 is 1.00 bits per heavy atom. The van der Waals surface area contributed by atoms with E-state index in [0.29, 0.717) is 35.8 Å². The van der Waals surface area contributed by atoms with E-state index >= 15 is 4.39 Å². The first kappa shape index (κ1) is 22.0. The van der Waals surface area contributed by atoms with Gasteiger partial charge in [0.2, 0.25) is 0 Å². The van der Waals surface area contributed by atoms with Crippen LogP contribution in [0.25, 0.3) is 0 Å². The van der Waals surface area contributed by atoms with Crippen molar-refractivity contribution >= 4 is 17.5 Å². The van der Waals surface area contributed by atoms with E-state index in [9.17, 15) is 4.79 Å². The molecule has 3 aromatic carbocycles. The van der Waals surface area contributed by atoms with Crippen LogP contribution in [-0.2, 0) is 6.42 Å². The summed E-state index contributed by atoms with van der Waals surface area (Å²) >= 11 is 6.47. The van der Waals surface area contributed by atoms with E-state index in [1.54, 1.807) is 61.6 Å². The van der Waals surface area contributed by atoms with Crippen molar-refractivity contribution in [2.24, 2.45) is 0 Å². The van der Waals surface area contributed by atoms with Crippen LogP contribution in [0.3, 0.4) is 0 Å². The number of halogens is 2. The second-order valence-corrected chi connectivity index (χ2v) is 7.83. The minimum atomic E-state index is -0.731. The molecule has 5 nitrogen and oxygen atoms in total. The lowest BCUT2D eigenvalue weighted by atomic mass is 9.86. The van der Waals surface area contributed by atoms with Crippen molar-refractivity contribution in [3.05, 3.63) is 87.7 Å². The molecule has 1 amide bonds. The number of hydrogen-bond donors (Lipinski definition) is 0. The molecule has 3 aromatic rings. The Hall–Kier alpha value is -3.25. The fourth-order valence-electron chi connectivity index (χ4n) is 4.17. The summed E-state index contributed by atoms with van der Waals surface area (Å²) in [7, 11) is 4.65. The molecule has 0 N–H and O–H groups in total. The Morgan fingerprint density at radius 3 is 2.41 bits per heavy atom. The Bertz CT molecular complexity index is 1150. The molecule has 0 radical (unpaired) electrons.